The zero-order chi connectivity index (χ0) is 14.3. The molecular formula is C14H19ClN2O2. The van der Waals surface area contributed by atoms with Crippen molar-refractivity contribution < 1.29 is 9.53 Å². The second kappa shape index (κ2) is 7.81. The van der Waals surface area contributed by atoms with Crippen molar-refractivity contribution in [3.05, 3.63) is 41.4 Å². The quantitative estimate of drug-likeness (QED) is 0.753. The van der Waals surface area contributed by atoms with Crippen LogP contribution in [-0.4, -0.2) is 25.6 Å². The van der Waals surface area contributed by atoms with Crippen LogP contribution in [0.5, 0.6) is 5.75 Å². The predicted octanol–water partition coefficient (Wildman–Crippen LogP) is 2.13. The van der Waals surface area contributed by atoms with Gasteiger partial charge in [0.25, 0.3) is 5.91 Å². The highest BCUT2D eigenvalue weighted by molar-refractivity contribution is 6.32. The summed E-state index contributed by atoms with van der Waals surface area (Å²) in [7, 11) is 1.87. The number of rotatable bonds is 7. The van der Waals surface area contributed by atoms with Gasteiger partial charge in [-0.15, -0.1) is 6.58 Å². The molecule has 1 aromatic rings. The van der Waals surface area contributed by atoms with Gasteiger partial charge in [-0.2, -0.15) is 0 Å². The van der Waals surface area contributed by atoms with Crippen molar-refractivity contribution >= 4 is 17.5 Å². The molecule has 0 aliphatic carbocycles. The molecule has 104 valence electrons. The SMILES string of the molecule is C=CCNC(=O)C(C)Oc1ccc(CNC)cc1Cl. The molecule has 0 aliphatic rings. The highest BCUT2D eigenvalue weighted by Crippen LogP contribution is 2.26. The Bertz CT molecular complexity index is 449. The van der Waals surface area contributed by atoms with Crippen LogP contribution in [0, 0.1) is 0 Å². The number of halogens is 1. The fraction of sp³-hybridized carbons (Fsp3) is 0.357. The zero-order valence-corrected chi connectivity index (χ0v) is 12.0. The lowest BCUT2D eigenvalue weighted by Gasteiger charge is -2.15. The van der Waals surface area contributed by atoms with Crippen molar-refractivity contribution in [1.82, 2.24) is 10.6 Å². The molecule has 0 aromatic heterocycles. The summed E-state index contributed by atoms with van der Waals surface area (Å²) >= 11 is 6.12. The van der Waals surface area contributed by atoms with Gasteiger partial charge in [0, 0.05) is 13.1 Å². The Morgan fingerprint density at radius 3 is 2.89 bits per heavy atom. The maximum absolute atomic E-state index is 11.7. The molecule has 0 fully saturated rings. The predicted molar refractivity (Wildman–Crippen MR) is 77.5 cm³/mol. The van der Waals surface area contributed by atoms with E-state index < -0.39 is 6.10 Å². The van der Waals surface area contributed by atoms with Gasteiger partial charge < -0.3 is 15.4 Å². The minimum absolute atomic E-state index is 0.199. The first-order valence-corrected chi connectivity index (χ1v) is 6.44. The molecule has 1 unspecified atom stereocenters. The van der Waals surface area contributed by atoms with Crippen molar-refractivity contribution in [2.45, 2.75) is 19.6 Å². The molecule has 1 rings (SSSR count). The van der Waals surface area contributed by atoms with Crippen molar-refractivity contribution in [3.8, 4) is 5.75 Å². The molecule has 1 aromatic carbocycles. The molecule has 0 heterocycles. The maximum atomic E-state index is 11.7. The van der Waals surface area contributed by atoms with E-state index in [1.807, 2.05) is 19.2 Å². The van der Waals surface area contributed by atoms with Crippen LogP contribution in [0.1, 0.15) is 12.5 Å². The molecule has 0 radical (unpaired) electrons. The average molecular weight is 283 g/mol. The summed E-state index contributed by atoms with van der Waals surface area (Å²) < 4.78 is 5.54. The number of ether oxygens (including phenoxy) is 1. The summed E-state index contributed by atoms with van der Waals surface area (Å²) in [6.45, 7) is 6.36. The first-order chi connectivity index (χ1) is 9.08. The summed E-state index contributed by atoms with van der Waals surface area (Å²) in [5.41, 5.74) is 1.06. The average Bonchev–Trinajstić information content (AvgIpc) is 2.39. The van der Waals surface area contributed by atoms with Crippen molar-refractivity contribution in [2.24, 2.45) is 0 Å². The third-order valence-corrected chi connectivity index (χ3v) is 2.77. The van der Waals surface area contributed by atoms with Crippen LogP contribution < -0.4 is 15.4 Å². The number of amides is 1. The van der Waals surface area contributed by atoms with Crippen molar-refractivity contribution in [2.75, 3.05) is 13.6 Å². The molecule has 2 N–H and O–H groups in total. The number of nitrogens with one attached hydrogen (secondary N) is 2. The number of hydrogen-bond donors (Lipinski definition) is 2. The van der Waals surface area contributed by atoms with Gasteiger partial charge in [-0.25, -0.2) is 0 Å². The minimum Gasteiger partial charge on any atom is -0.479 e. The van der Waals surface area contributed by atoms with Crippen molar-refractivity contribution in [3.63, 3.8) is 0 Å². The third-order valence-electron chi connectivity index (χ3n) is 2.47. The van der Waals surface area contributed by atoms with Gasteiger partial charge in [0.1, 0.15) is 5.75 Å². The molecule has 1 amide bonds. The highest BCUT2D eigenvalue weighted by Gasteiger charge is 2.15. The Labute approximate surface area is 118 Å². The molecule has 0 aliphatic heterocycles. The van der Waals surface area contributed by atoms with E-state index in [9.17, 15) is 4.79 Å². The van der Waals surface area contributed by atoms with Gasteiger partial charge in [-0.3, -0.25) is 4.79 Å². The summed E-state index contributed by atoms with van der Waals surface area (Å²) in [4.78, 5) is 11.7. The summed E-state index contributed by atoms with van der Waals surface area (Å²) in [6.07, 6.45) is 1.01. The second-order valence-corrected chi connectivity index (χ2v) is 4.50. The smallest absolute Gasteiger partial charge is 0.261 e. The normalized spacial score (nSPS) is 11.7. The van der Waals surface area contributed by atoms with E-state index >= 15 is 0 Å². The Hall–Kier alpha value is -1.52. The summed E-state index contributed by atoms with van der Waals surface area (Å²) in [5, 5.41) is 6.20. The first kappa shape index (κ1) is 15.5. The number of carbonyl (C=O) groups is 1. The molecule has 5 heteroatoms. The molecule has 4 nitrogen and oxygen atoms in total. The lowest BCUT2D eigenvalue weighted by molar-refractivity contribution is -0.127. The van der Waals surface area contributed by atoms with E-state index in [0.717, 1.165) is 12.1 Å². The Morgan fingerprint density at radius 1 is 1.58 bits per heavy atom. The second-order valence-electron chi connectivity index (χ2n) is 4.09. The summed E-state index contributed by atoms with van der Waals surface area (Å²) in [6, 6.07) is 5.50. The summed E-state index contributed by atoms with van der Waals surface area (Å²) in [5.74, 6) is 0.304. The van der Waals surface area contributed by atoms with Gasteiger partial charge in [-0.05, 0) is 31.7 Å². The van der Waals surface area contributed by atoms with Crippen LogP contribution in [0.15, 0.2) is 30.9 Å². The van der Waals surface area contributed by atoms with E-state index in [-0.39, 0.29) is 5.91 Å². The Morgan fingerprint density at radius 2 is 2.32 bits per heavy atom. The van der Waals surface area contributed by atoms with Gasteiger partial charge in [0.05, 0.1) is 5.02 Å². The number of hydrogen-bond acceptors (Lipinski definition) is 3. The molecule has 0 spiro atoms. The Balaban J connectivity index is 2.66. The molecule has 1 atom stereocenters. The standard InChI is InChI=1S/C14H19ClN2O2/c1-4-7-17-14(18)10(2)19-13-6-5-11(9-16-3)8-12(13)15/h4-6,8,10,16H,1,7,9H2,2-3H3,(H,17,18). The van der Waals surface area contributed by atoms with Crippen LogP contribution in [-0.2, 0) is 11.3 Å². The van der Waals surface area contributed by atoms with Crippen LogP contribution >= 0.6 is 11.6 Å². The van der Waals surface area contributed by atoms with E-state index in [4.69, 9.17) is 16.3 Å². The lowest BCUT2D eigenvalue weighted by Crippen LogP contribution is -2.36. The van der Waals surface area contributed by atoms with Crippen LogP contribution in [0.3, 0.4) is 0 Å². The number of benzene rings is 1. The third kappa shape index (κ3) is 4.93. The largest absolute Gasteiger partial charge is 0.479 e. The van der Waals surface area contributed by atoms with Gasteiger partial charge >= 0.3 is 0 Å². The fourth-order valence-electron chi connectivity index (χ4n) is 1.51. The van der Waals surface area contributed by atoms with Crippen LogP contribution in [0.2, 0.25) is 5.02 Å². The van der Waals surface area contributed by atoms with Gasteiger partial charge in [0.2, 0.25) is 0 Å². The number of carbonyl (C=O) groups excluding carboxylic acids is 1. The zero-order valence-electron chi connectivity index (χ0n) is 11.2. The van der Waals surface area contributed by atoms with E-state index in [0.29, 0.717) is 17.3 Å². The van der Waals surface area contributed by atoms with E-state index in [2.05, 4.69) is 17.2 Å². The van der Waals surface area contributed by atoms with Gasteiger partial charge in [0.15, 0.2) is 6.10 Å². The van der Waals surface area contributed by atoms with E-state index in [1.165, 1.54) is 0 Å². The van der Waals surface area contributed by atoms with Crippen LogP contribution in [0.4, 0.5) is 0 Å². The van der Waals surface area contributed by atoms with Gasteiger partial charge in [-0.1, -0.05) is 23.7 Å². The molecule has 0 saturated carbocycles. The maximum Gasteiger partial charge on any atom is 0.261 e. The topological polar surface area (TPSA) is 50.4 Å². The highest BCUT2D eigenvalue weighted by atomic mass is 35.5. The monoisotopic (exact) mass is 282 g/mol. The molecule has 0 bridgehead atoms. The fourth-order valence-corrected chi connectivity index (χ4v) is 1.76. The Kier molecular flexibility index (Phi) is 6.39. The molecule has 0 saturated heterocycles. The first-order valence-electron chi connectivity index (χ1n) is 6.06. The minimum atomic E-state index is -0.604. The molecule has 19 heavy (non-hydrogen) atoms. The molecular weight excluding hydrogens is 264 g/mol. The van der Waals surface area contributed by atoms with Crippen LogP contribution in [0.25, 0.3) is 0 Å². The lowest BCUT2D eigenvalue weighted by atomic mass is 10.2. The van der Waals surface area contributed by atoms with Crippen molar-refractivity contribution in [1.29, 1.82) is 0 Å². The van der Waals surface area contributed by atoms with E-state index in [1.54, 1.807) is 19.1 Å².